The molecule has 0 aliphatic rings. The Kier molecular flexibility index (Phi) is 4.65. The first kappa shape index (κ1) is 10.7. The van der Waals surface area contributed by atoms with Crippen molar-refractivity contribution < 1.29 is 9.53 Å². The highest BCUT2D eigenvalue weighted by Gasteiger charge is 2.08. The molecule has 0 fully saturated rings. The van der Waals surface area contributed by atoms with E-state index in [1.807, 2.05) is 30.3 Å². The van der Waals surface area contributed by atoms with Crippen LogP contribution in [-0.2, 0) is 9.53 Å². The van der Waals surface area contributed by atoms with E-state index < -0.39 is 0 Å². The van der Waals surface area contributed by atoms with Crippen molar-refractivity contribution >= 4 is 6.29 Å². The Hall–Kier alpha value is -1.41. The average Bonchev–Trinajstić information content (AvgIpc) is 2.25. The van der Waals surface area contributed by atoms with Crippen LogP contribution < -0.4 is 0 Å². The Morgan fingerprint density at radius 3 is 2.64 bits per heavy atom. The van der Waals surface area contributed by atoms with Gasteiger partial charge in [0.15, 0.2) is 0 Å². The van der Waals surface area contributed by atoms with Gasteiger partial charge in [-0.1, -0.05) is 36.4 Å². The lowest BCUT2D eigenvalue weighted by Gasteiger charge is -2.14. The summed E-state index contributed by atoms with van der Waals surface area (Å²) in [4.78, 5) is 10.2. The van der Waals surface area contributed by atoms with Crippen molar-refractivity contribution in [3.05, 3.63) is 48.6 Å². The number of carbonyl (C=O) groups is 1. The highest BCUT2D eigenvalue weighted by atomic mass is 16.5. The van der Waals surface area contributed by atoms with Gasteiger partial charge >= 0.3 is 0 Å². The van der Waals surface area contributed by atoms with Crippen molar-refractivity contribution in [2.75, 3.05) is 6.61 Å². The van der Waals surface area contributed by atoms with Crippen molar-refractivity contribution in [2.45, 2.75) is 12.5 Å². The van der Waals surface area contributed by atoms with Crippen LogP contribution in [0.1, 0.15) is 18.1 Å². The van der Waals surface area contributed by atoms with Crippen LogP contribution >= 0.6 is 0 Å². The molecule has 0 aliphatic heterocycles. The van der Waals surface area contributed by atoms with Gasteiger partial charge in [-0.2, -0.15) is 0 Å². The van der Waals surface area contributed by atoms with Crippen LogP contribution in [0.15, 0.2) is 43.0 Å². The van der Waals surface area contributed by atoms with Gasteiger partial charge in [-0.3, -0.25) is 0 Å². The zero-order valence-corrected chi connectivity index (χ0v) is 8.06. The van der Waals surface area contributed by atoms with Crippen LogP contribution in [0.5, 0.6) is 0 Å². The van der Waals surface area contributed by atoms with Gasteiger partial charge < -0.3 is 9.53 Å². The molecule has 0 saturated heterocycles. The van der Waals surface area contributed by atoms with E-state index in [4.69, 9.17) is 4.74 Å². The van der Waals surface area contributed by atoms with Crippen LogP contribution in [0.4, 0.5) is 0 Å². The molecular formula is C12H14O2. The summed E-state index contributed by atoms with van der Waals surface area (Å²) in [5.41, 5.74) is 1.08. The monoisotopic (exact) mass is 190 g/mol. The number of ether oxygens (including phenoxy) is 1. The summed E-state index contributed by atoms with van der Waals surface area (Å²) in [6.45, 7) is 3.80. The Morgan fingerprint density at radius 1 is 1.36 bits per heavy atom. The van der Waals surface area contributed by atoms with Crippen molar-refractivity contribution in [3.63, 3.8) is 0 Å². The summed E-state index contributed by atoms with van der Waals surface area (Å²) >= 11 is 0. The van der Waals surface area contributed by atoms with Crippen LogP contribution in [0.2, 0.25) is 0 Å². The second-order valence-corrected chi connectivity index (χ2v) is 2.92. The Bertz CT molecular complexity index is 280. The molecule has 1 atom stereocenters. The zero-order chi connectivity index (χ0) is 10.2. The SMILES string of the molecule is C=CCC(OCC=O)c1ccccc1. The number of hydrogen-bond acceptors (Lipinski definition) is 2. The molecule has 0 N–H and O–H groups in total. The second kappa shape index (κ2) is 6.11. The van der Waals surface area contributed by atoms with Gasteiger partial charge in [-0.05, 0) is 12.0 Å². The third kappa shape index (κ3) is 3.15. The smallest absolute Gasteiger partial charge is 0.145 e. The maximum Gasteiger partial charge on any atom is 0.145 e. The fourth-order valence-electron chi connectivity index (χ4n) is 1.27. The fourth-order valence-corrected chi connectivity index (χ4v) is 1.27. The number of carbonyl (C=O) groups excluding carboxylic acids is 1. The molecular weight excluding hydrogens is 176 g/mol. The molecule has 0 amide bonds. The molecule has 0 aromatic heterocycles. The van der Waals surface area contributed by atoms with Crippen molar-refractivity contribution in [2.24, 2.45) is 0 Å². The summed E-state index contributed by atoms with van der Waals surface area (Å²) in [6.07, 6.45) is 3.22. The van der Waals surface area contributed by atoms with E-state index in [0.717, 1.165) is 18.3 Å². The zero-order valence-electron chi connectivity index (χ0n) is 8.06. The van der Waals surface area contributed by atoms with Gasteiger partial charge in [0.1, 0.15) is 12.9 Å². The first-order chi connectivity index (χ1) is 6.88. The maximum absolute atomic E-state index is 10.2. The van der Waals surface area contributed by atoms with E-state index in [9.17, 15) is 4.79 Å². The summed E-state index contributed by atoms with van der Waals surface area (Å²) in [7, 11) is 0. The van der Waals surface area contributed by atoms with E-state index in [2.05, 4.69) is 6.58 Å². The molecule has 0 saturated carbocycles. The quantitative estimate of drug-likeness (QED) is 0.509. The summed E-state index contributed by atoms with van der Waals surface area (Å²) in [6, 6.07) is 9.83. The summed E-state index contributed by atoms with van der Waals surface area (Å²) in [5, 5.41) is 0. The molecule has 1 aromatic carbocycles. The Morgan fingerprint density at radius 2 is 2.07 bits per heavy atom. The molecule has 0 bridgehead atoms. The average molecular weight is 190 g/mol. The predicted octanol–water partition coefficient (Wildman–Crippen LogP) is 2.52. The molecule has 0 radical (unpaired) electrons. The standard InChI is InChI=1S/C12H14O2/c1-2-6-12(14-10-9-13)11-7-4-3-5-8-11/h2-5,7-9,12H,1,6,10H2. The fraction of sp³-hybridized carbons (Fsp3) is 0.250. The van der Waals surface area contributed by atoms with Crippen LogP contribution in [0.3, 0.4) is 0 Å². The van der Waals surface area contributed by atoms with Crippen molar-refractivity contribution in [1.29, 1.82) is 0 Å². The minimum atomic E-state index is -0.0566. The van der Waals surface area contributed by atoms with E-state index in [-0.39, 0.29) is 12.7 Å². The molecule has 0 spiro atoms. The topological polar surface area (TPSA) is 26.3 Å². The summed E-state index contributed by atoms with van der Waals surface area (Å²) < 4.78 is 5.38. The summed E-state index contributed by atoms with van der Waals surface area (Å²) in [5.74, 6) is 0. The molecule has 74 valence electrons. The van der Waals surface area contributed by atoms with Crippen LogP contribution in [0.25, 0.3) is 0 Å². The van der Waals surface area contributed by atoms with E-state index in [1.54, 1.807) is 6.08 Å². The number of aldehydes is 1. The number of benzene rings is 1. The Balaban J connectivity index is 2.66. The van der Waals surface area contributed by atoms with Crippen molar-refractivity contribution in [1.82, 2.24) is 0 Å². The molecule has 0 aliphatic carbocycles. The maximum atomic E-state index is 10.2. The second-order valence-electron chi connectivity index (χ2n) is 2.92. The molecule has 2 heteroatoms. The minimum Gasteiger partial charge on any atom is -0.366 e. The van der Waals surface area contributed by atoms with Gasteiger partial charge in [0.2, 0.25) is 0 Å². The van der Waals surface area contributed by atoms with Gasteiger partial charge in [0.05, 0.1) is 6.10 Å². The first-order valence-corrected chi connectivity index (χ1v) is 4.59. The molecule has 1 unspecified atom stereocenters. The van der Waals surface area contributed by atoms with Crippen LogP contribution in [0, 0.1) is 0 Å². The largest absolute Gasteiger partial charge is 0.366 e. The minimum absolute atomic E-state index is 0.0566. The normalized spacial score (nSPS) is 12.0. The molecule has 1 rings (SSSR count). The third-order valence-electron chi connectivity index (χ3n) is 1.92. The molecule has 1 aromatic rings. The van der Waals surface area contributed by atoms with Gasteiger partial charge in [-0.15, -0.1) is 6.58 Å². The van der Waals surface area contributed by atoms with E-state index in [1.165, 1.54) is 0 Å². The lowest BCUT2D eigenvalue weighted by Crippen LogP contribution is -2.05. The first-order valence-electron chi connectivity index (χ1n) is 4.59. The highest BCUT2D eigenvalue weighted by Crippen LogP contribution is 2.20. The van der Waals surface area contributed by atoms with Gasteiger partial charge in [-0.25, -0.2) is 0 Å². The van der Waals surface area contributed by atoms with E-state index >= 15 is 0 Å². The molecule has 0 heterocycles. The Labute approximate surface area is 84.2 Å². The number of hydrogen-bond donors (Lipinski definition) is 0. The third-order valence-corrected chi connectivity index (χ3v) is 1.92. The van der Waals surface area contributed by atoms with Crippen LogP contribution in [-0.4, -0.2) is 12.9 Å². The predicted molar refractivity (Wildman–Crippen MR) is 56.0 cm³/mol. The molecule has 14 heavy (non-hydrogen) atoms. The number of rotatable bonds is 6. The van der Waals surface area contributed by atoms with Gasteiger partial charge in [0.25, 0.3) is 0 Å². The lowest BCUT2D eigenvalue weighted by atomic mass is 10.1. The highest BCUT2D eigenvalue weighted by molar-refractivity contribution is 5.50. The molecule has 2 nitrogen and oxygen atoms in total. The van der Waals surface area contributed by atoms with E-state index in [0.29, 0.717) is 0 Å². The van der Waals surface area contributed by atoms with Crippen molar-refractivity contribution in [3.8, 4) is 0 Å². The van der Waals surface area contributed by atoms with Gasteiger partial charge in [0, 0.05) is 0 Å². The lowest BCUT2D eigenvalue weighted by molar-refractivity contribution is -0.113.